The van der Waals surface area contributed by atoms with Crippen LogP contribution in [0.4, 0.5) is 0 Å². The van der Waals surface area contributed by atoms with Gasteiger partial charge in [-0.2, -0.15) is 0 Å². The first-order chi connectivity index (χ1) is 11.2. The molecule has 2 aromatic rings. The van der Waals surface area contributed by atoms with E-state index in [0.717, 1.165) is 24.2 Å². The van der Waals surface area contributed by atoms with Gasteiger partial charge in [0.05, 0.1) is 6.26 Å². The molecule has 0 aliphatic heterocycles. The van der Waals surface area contributed by atoms with E-state index in [1.165, 1.54) is 18.0 Å². The maximum Gasteiger partial charge on any atom is 0.316 e. The number of rotatable bonds is 10. The summed E-state index contributed by atoms with van der Waals surface area (Å²) < 4.78 is 5.06. The molecule has 0 aliphatic rings. The zero-order chi connectivity index (χ0) is 16.5. The summed E-state index contributed by atoms with van der Waals surface area (Å²) in [5, 5.41) is 8.87. The van der Waals surface area contributed by atoms with Gasteiger partial charge in [-0.1, -0.05) is 31.0 Å². The van der Waals surface area contributed by atoms with Crippen molar-refractivity contribution in [1.82, 2.24) is 0 Å². The standard InChI is InChI=1S/C18H20O4S/c19-15(16-11-7-13-22-16)10-5-2-6-12-17(18(20)21)23-14-8-3-1-4-9-14/h1,3-4,7-9,11,13,17H,2,5-6,10,12H2,(H,20,21). The second-order valence-corrected chi connectivity index (χ2v) is 6.53. The van der Waals surface area contributed by atoms with Crippen LogP contribution in [0.15, 0.2) is 58.0 Å². The van der Waals surface area contributed by atoms with Gasteiger partial charge in [0.15, 0.2) is 11.5 Å². The number of furan rings is 1. The average Bonchev–Trinajstić information content (AvgIpc) is 3.08. The van der Waals surface area contributed by atoms with Gasteiger partial charge in [0.25, 0.3) is 0 Å². The molecule has 1 N–H and O–H groups in total. The Balaban J connectivity index is 1.68. The van der Waals surface area contributed by atoms with Crippen molar-refractivity contribution in [1.29, 1.82) is 0 Å². The van der Waals surface area contributed by atoms with Gasteiger partial charge in [-0.15, -0.1) is 11.8 Å². The maximum absolute atomic E-state index is 11.8. The number of benzene rings is 1. The Morgan fingerprint density at radius 1 is 1.04 bits per heavy atom. The number of carboxylic acid groups (broad SMARTS) is 1. The highest BCUT2D eigenvalue weighted by Gasteiger charge is 2.18. The van der Waals surface area contributed by atoms with Gasteiger partial charge in [0, 0.05) is 11.3 Å². The van der Waals surface area contributed by atoms with Crippen LogP contribution in [0.1, 0.15) is 42.7 Å². The van der Waals surface area contributed by atoms with Crippen LogP contribution in [0.2, 0.25) is 0 Å². The Labute approximate surface area is 139 Å². The van der Waals surface area contributed by atoms with Gasteiger partial charge in [-0.25, -0.2) is 0 Å². The summed E-state index contributed by atoms with van der Waals surface area (Å²) in [5.41, 5.74) is 0. The maximum atomic E-state index is 11.8. The third-order valence-electron chi connectivity index (χ3n) is 3.46. The number of carbonyl (C=O) groups excluding carboxylic acids is 1. The summed E-state index contributed by atoms with van der Waals surface area (Å²) in [6.07, 6.45) is 4.92. The lowest BCUT2D eigenvalue weighted by Gasteiger charge is -2.11. The summed E-state index contributed by atoms with van der Waals surface area (Å²) in [5.74, 6) is -0.387. The molecule has 0 saturated carbocycles. The first-order valence-electron chi connectivity index (χ1n) is 7.68. The van der Waals surface area contributed by atoms with Crippen molar-refractivity contribution < 1.29 is 19.1 Å². The Morgan fingerprint density at radius 3 is 2.48 bits per heavy atom. The largest absolute Gasteiger partial charge is 0.480 e. The molecule has 1 aromatic heterocycles. The zero-order valence-corrected chi connectivity index (χ0v) is 13.6. The van der Waals surface area contributed by atoms with Gasteiger partial charge in [0.1, 0.15) is 5.25 Å². The highest BCUT2D eigenvalue weighted by atomic mass is 32.2. The molecule has 0 bridgehead atoms. The fraction of sp³-hybridized carbons (Fsp3) is 0.333. The van der Waals surface area contributed by atoms with Crippen molar-refractivity contribution in [2.24, 2.45) is 0 Å². The number of aliphatic carboxylic acids is 1. The molecule has 1 atom stereocenters. The van der Waals surface area contributed by atoms with Crippen molar-refractivity contribution in [3.8, 4) is 0 Å². The second-order valence-electron chi connectivity index (χ2n) is 5.26. The number of carboxylic acids is 1. The van der Waals surface area contributed by atoms with E-state index in [-0.39, 0.29) is 5.78 Å². The highest BCUT2D eigenvalue weighted by molar-refractivity contribution is 8.00. The number of hydrogen-bond acceptors (Lipinski definition) is 4. The molecule has 0 saturated heterocycles. The van der Waals surface area contributed by atoms with Crippen LogP contribution in [-0.2, 0) is 4.79 Å². The first kappa shape index (κ1) is 17.3. The van der Waals surface area contributed by atoms with Gasteiger partial charge < -0.3 is 9.52 Å². The van der Waals surface area contributed by atoms with E-state index in [9.17, 15) is 14.7 Å². The molecule has 1 heterocycles. The minimum absolute atomic E-state index is 0.00319. The Kier molecular flexibility index (Phi) is 6.94. The van der Waals surface area contributed by atoms with Crippen molar-refractivity contribution in [3.63, 3.8) is 0 Å². The molecule has 122 valence electrons. The average molecular weight is 332 g/mol. The van der Waals surface area contributed by atoms with Crippen LogP contribution in [0.25, 0.3) is 0 Å². The first-order valence-corrected chi connectivity index (χ1v) is 8.56. The van der Waals surface area contributed by atoms with E-state index in [2.05, 4.69) is 0 Å². The second kappa shape index (κ2) is 9.20. The molecule has 0 amide bonds. The number of ketones is 1. The summed E-state index contributed by atoms with van der Waals surface area (Å²) in [6.45, 7) is 0. The van der Waals surface area contributed by atoms with Crippen LogP contribution in [0.5, 0.6) is 0 Å². The van der Waals surface area contributed by atoms with E-state index >= 15 is 0 Å². The summed E-state index contributed by atoms with van der Waals surface area (Å²) in [6, 6.07) is 12.9. The fourth-order valence-electron chi connectivity index (χ4n) is 2.25. The van der Waals surface area contributed by atoms with Crippen molar-refractivity contribution >= 4 is 23.5 Å². The van der Waals surface area contributed by atoms with Gasteiger partial charge in [-0.3, -0.25) is 9.59 Å². The van der Waals surface area contributed by atoms with Gasteiger partial charge in [-0.05, 0) is 37.1 Å². The Hall–Kier alpha value is -2.01. The van der Waals surface area contributed by atoms with Crippen molar-refractivity contribution in [2.45, 2.75) is 42.2 Å². The minimum atomic E-state index is -0.787. The Morgan fingerprint density at radius 2 is 1.83 bits per heavy atom. The number of hydrogen-bond donors (Lipinski definition) is 1. The zero-order valence-electron chi connectivity index (χ0n) is 12.8. The summed E-state index contributed by atoms with van der Waals surface area (Å²) >= 11 is 1.38. The number of unbranched alkanes of at least 4 members (excludes halogenated alkanes) is 2. The minimum Gasteiger partial charge on any atom is -0.480 e. The fourth-order valence-corrected chi connectivity index (χ4v) is 3.28. The highest BCUT2D eigenvalue weighted by Crippen LogP contribution is 2.27. The topological polar surface area (TPSA) is 67.5 Å². The SMILES string of the molecule is O=C(CCCCCC(Sc1ccccc1)C(=O)O)c1ccco1. The molecule has 0 radical (unpaired) electrons. The molecule has 0 aliphatic carbocycles. The van der Waals surface area contributed by atoms with E-state index in [4.69, 9.17) is 4.42 Å². The molecular formula is C18H20O4S. The summed E-state index contributed by atoms with van der Waals surface area (Å²) in [4.78, 5) is 24.1. The predicted molar refractivity (Wildman–Crippen MR) is 89.8 cm³/mol. The van der Waals surface area contributed by atoms with Crippen LogP contribution < -0.4 is 0 Å². The molecule has 0 fully saturated rings. The van der Waals surface area contributed by atoms with Gasteiger partial charge in [0.2, 0.25) is 0 Å². The number of Topliss-reactive ketones (excluding diaryl/α,β-unsaturated/α-hetero) is 1. The molecule has 1 unspecified atom stereocenters. The van der Waals surface area contributed by atoms with Crippen LogP contribution in [0.3, 0.4) is 0 Å². The lowest BCUT2D eigenvalue weighted by atomic mass is 10.1. The number of carbonyl (C=O) groups is 2. The normalized spacial score (nSPS) is 12.0. The van der Waals surface area contributed by atoms with E-state index in [1.54, 1.807) is 12.1 Å². The van der Waals surface area contributed by atoms with Gasteiger partial charge >= 0.3 is 5.97 Å². The van der Waals surface area contributed by atoms with Crippen molar-refractivity contribution in [3.05, 3.63) is 54.5 Å². The lowest BCUT2D eigenvalue weighted by molar-refractivity contribution is -0.136. The predicted octanol–water partition coefficient (Wildman–Crippen LogP) is 4.66. The smallest absolute Gasteiger partial charge is 0.316 e. The molecule has 23 heavy (non-hydrogen) atoms. The summed E-state index contributed by atoms with van der Waals surface area (Å²) in [7, 11) is 0. The molecule has 1 aromatic carbocycles. The number of thioether (sulfide) groups is 1. The van der Waals surface area contributed by atoms with E-state index in [1.807, 2.05) is 30.3 Å². The van der Waals surface area contributed by atoms with Crippen LogP contribution >= 0.6 is 11.8 Å². The molecule has 5 heteroatoms. The van der Waals surface area contributed by atoms with Crippen LogP contribution in [-0.4, -0.2) is 22.1 Å². The Bertz CT molecular complexity index is 607. The molecule has 0 spiro atoms. The van der Waals surface area contributed by atoms with E-state index in [0.29, 0.717) is 18.6 Å². The monoisotopic (exact) mass is 332 g/mol. The molecule has 4 nitrogen and oxygen atoms in total. The quantitative estimate of drug-likeness (QED) is 0.389. The molecule has 2 rings (SSSR count). The lowest BCUT2D eigenvalue weighted by Crippen LogP contribution is -2.16. The van der Waals surface area contributed by atoms with Crippen LogP contribution in [0, 0.1) is 0 Å². The van der Waals surface area contributed by atoms with E-state index < -0.39 is 11.2 Å². The van der Waals surface area contributed by atoms with Crippen molar-refractivity contribution in [2.75, 3.05) is 0 Å². The third kappa shape index (κ3) is 5.94. The molecular weight excluding hydrogens is 312 g/mol. The third-order valence-corrected chi connectivity index (χ3v) is 4.73.